The van der Waals surface area contributed by atoms with Gasteiger partial charge in [-0.15, -0.1) is 0 Å². The van der Waals surface area contributed by atoms with Crippen molar-refractivity contribution in [1.29, 1.82) is 0 Å². The lowest BCUT2D eigenvalue weighted by atomic mass is 10.1. The van der Waals surface area contributed by atoms with E-state index in [1.165, 1.54) is 0 Å². The third kappa shape index (κ3) is 3.67. The quantitative estimate of drug-likeness (QED) is 0.874. The predicted octanol–water partition coefficient (Wildman–Crippen LogP) is 3.94. The lowest BCUT2D eigenvalue weighted by Gasteiger charge is -2.16. The van der Waals surface area contributed by atoms with Crippen LogP contribution in [0.15, 0.2) is 42.5 Å². The third-order valence-electron chi connectivity index (χ3n) is 3.01. The number of aliphatic hydroxyl groups excluding tert-OH is 1. The molecule has 0 amide bonds. The third-order valence-corrected chi connectivity index (χ3v) is 3.01. The van der Waals surface area contributed by atoms with Gasteiger partial charge in [0.25, 0.3) is 0 Å². The van der Waals surface area contributed by atoms with E-state index in [0.717, 1.165) is 5.75 Å². The molecule has 0 heterocycles. The van der Waals surface area contributed by atoms with E-state index in [4.69, 9.17) is 14.2 Å². The van der Waals surface area contributed by atoms with Crippen LogP contribution in [0.5, 0.6) is 23.0 Å². The van der Waals surface area contributed by atoms with Crippen molar-refractivity contribution in [3.63, 3.8) is 0 Å². The van der Waals surface area contributed by atoms with Gasteiger partial charge >= 0.3 is 0 Å². The molecule has 1 N–H and O–H groups in total. The van der Waals surface area contributed by atoms with Gasteiger partial charge in [0.2, 0.25) is 0 Å². The maximum absolute atomic E-state index is 9.95. The van der Waals surface area contributed by atoms with Crippen molar-refractivity contribution < 1.29 is 19.3 Å². The molecule has 0 radical (unpaired) electrons. The first kappa shape index (κ1) is 15.2. The summed E-state index contributed by atoms with van der Waals surface area (Å²) in [5.41, 5.74) is 0.627. The van der Waals surface area contributed by atoms with E-state index in [1.54, 1.807) is 26.2 Å². The van der Waals surface area contributed by atoms with E-state index >= 15 is 0 Å². The van der Waals surface area contributed by atoms with Gasteiger partial charge in [0.15, 0.2) is 0 Å². The van der Waals surface area contributed by atoms with Gasteiger partial charge in [0, 0.05) is 6.07 Å². The summed E-state index contributed by atoms with van der Waals surface area (Å²) in [6, 6.07) is 12.8. The fourth-order valence-corrected chi connectivity index (χ4v) is 2.12. The number of aliphatic hydroxyl groups is 1. The first-order valence-electron chi connectivity index (χ1n) is 6.91. The molecule has 21 heavy (non-hydrogen) atoms. The van der Waals surface area contributed by atoms with E-state index in [0.29, 0.717) is 29.4 Å². The normalized spacial score (nSPS) is 11.8. The Bertz CT molecular complexity index is 593. The molecule has 0 spiro atoms. The van der Waals surface area contributed by atoms with Crippen molar-refractivity contribution in [2.75, 3.05) is 13.7 Å². The Balaban J connectivity index is 2.33. The van der Waals surface area contributed by atoms with E-state index < -0.39 is 6.10 Å². The molecular weight excluding hydrogens is 268 g/mol. The van der Waals surface area contributed by atoms with Crippen LogP contribution in [0.1, 0.15) is 25.5 Å². The minimum Gasteiger partial charge on any atom is -0.496 e. The van der Waals surface area contributed by atoms with Gasteiger partial charge in [-0.2, -0.15) is 0 Å². The minimum absolute atomic E-state index is 0.568. The Morgan fingerprint density at radius 1 is 1.05 bits per heavy atom. The average Bonchev–Trinajstić information content (AvgIpc) is 2.47. The highest BCUT2D eigenvalue weighted by atomic mass is 16.5. The lowest BCUT2D eigenvalue weighted by molar-refractivity contribution is 0.190. The zero-order valence-corrected chi connectivity index (χ0v) is 12.5. The average molecular weight is 288 g/mol. The molecule has 0 aliphatic heterocycles. The second-order valence-corrected chi connectivity index (χ2v) is 4.56. The standard InChI is InChI=1S/C17H20O4/c1-4-20-13-7-5-8-14(11-13)21-16-10-6-9-15(19-3)17(16)12(2)18/h5-12,18H,4H2,1-3H3. The van der Waals surface area contributed by atoms with E-state index in [-0.39, 0.29) is 0 Å². The molecule has 112 valence electrons. The monoisotopic (exact) mass is 288 g/mol. The molecule has 0 aromatic heterocycles. The highest BCUT2D eigenvalue weighted by Crippen LogP contribution is 2.36. The van der Waals surface area contributed by atoms with Crippen LogP contribution >= 0.6 is 0 Å². The first-order valence-corrected chi connectivity index (χ1v) is 6.91. The highest BCUT2D eigenvalue weighted by molar-refractivity contribution is 5.48. The van der Waals surface area contributed by atoms with Crippen molar-refractivity contribution >= 4 is 0 Å². The topological polar surface area (TPSA) is 47.9 Å². The number of benzene rings is 2. The van der Waals surface area contributed by atoms with Crippen LogP contribution in [0.2, 0.25) is 0 Å². The molecule has 0 saturated heterocycles. The zero-order chi connectivity index (χ0) is 15.2. The van der Waals surface area contributed by atoms with E-state index in [1.807, 2.05) is 37.3 Å². The van der Waals surface area contributed by atoms with Crippen LogP contribution < -0.4 is 14.2 Å². The van der Waals surface area contributed by atoms with Crippen LogP contribution in [-0.2, 0) is 0 Å². The van der Waals surface area contributed by atoms with Crippen molar-refractivity contribution in [2.45, 2.75) is 20.0 Å². The Labute approximate surface area is 124 Å². The molecule has 1 atom stereocenters. The summed E-state index contributed by atoms with van der Waals surface area (Å²) in [6.07, 6.45) is -0.689. The van der Waals surface area contributed by atoms with Crippen LogP contribution in [0, 0.1) is 0 Å². The van der Waals surface area contributed by atoms with Crippen LogP contribution in [0.4, 0.5) is 0 Å². The van der Waals surface area contributed by atoms with E-state index in [2.05, 4.69) is 0 Å². The molecule has 0 bridgehead atoms. The van der Waals surface area contributed by atoms with Crippen molar-refractivity contribution in [2.24, 2.45) is 0 Å². The van der Waals surface area contributed by atoms with Crippen LogP contribution in [0.3, 0.4) is 0 Å². The molecule has 0 fully saturated rings. The Morgan fingerprint density at radius 3 is 2.38 bits per heavy atom. The maximum Gasteiger partial charge on any atom is 0.136 e. The summed E-state index contributed by atoms with van der Waals surface area (Å²) in [6.45, 7) is 4.21. The summed E-state index contributed by atoms with van der Waals surface area (Å²) in [5.74, 6) is 2.56. The summed E-state index contributed by atoms with van der Waals surface area (Å²) in [4.78, 5) is 0. The summed E-state index contributed by atoms with van der Waals surface area (Å²) >= 11 is 0. The number of hydrogen-bond acceptors (Lipinski definition) is 4. The Kier molecular flexibility index (Phi) is 5.06. The number of ether oxygens (including phenoxy) is 3. The number of hydrogen-bond donors (Lipinski definition) is 1. The van der Waals surface area contributed by atoms with Crippen molar-refractivity contribution in [3.05, 3.63) is 48.0 Å². The molecule has 2 aromatic carbocycles. The van der Waals surface area contributed by atoms with Gasteiger partial charge < -0.3 is 19.3 Å². The van der Waals surface area contributed by atoms with Gasteiger partial charge in [0.1, 0.15) is 23.0 Å². The molecule has 0 saturated carbocycles. The summed E-state index contributed by atoms with van der Waals surface area (Å²) in [7, 11) is 1.57. The zero-order valence-electron chi connectivity index (χ0n) is 12.5. The Morgan fingerprint density at radius 2 is 1.71 bits per heavy atom. The molecular formula is C17H20O4. The predicted molar refractivity (Wildman–Crippen MR) is 81.3 cm³/mol. The first-order chi connectivity index (χ1) is 10.2. The molecule has 4 nitrogen and oxygen atoms in total. The minimum atomic E-state index is -0.689. The van der Waals surface area contributed by atoms with Gasteiger partial charge in [0.05, 0.1) is 25.4 Å². The molecule has 2 aromatic rings. The van der Waals surface area contributed by atoms with Crippen molar-refractivity contribution in [3.8, 4) is 23.0 Å². The Hall–Kier alpha value is -2.20. The summed E-state index contributed by atoms with van der Waals surface area (Å²) in [5, 5.41) is 9.95. The van der Waals surface area contributed by atoms with Gasteiger partial charge in [-0.3, -0.25) is 0 Å². The number of rotatable bonds is 6. The lowest BCUT2D eigenvalue weighted by Crippen LogP contribution is -2.00. The smallest absolute Gasteiger partial charge is 0.136 e. The largest absolute Gasteiger partial charge is 0.496 e. The summed E-state index contributed by atoms with van der Waals surface area (Å²) < 4.78 is 16.6. The fraction of sp³-hybridized carbons (Fsp3) is 0.294. The molecule has 4 heteroatoms. The second-order valence-electron chi connectivity index (χ2n) is 4.56. The van der Waals surface area contributed by atoms with Gasteiger partial charge in [-0.05, 0) is 38.1 Å². The maximum atomic E-state index is 9.95. The van der Waals surface area contributed by atoms with Gasteiger partial charge in [-0.25, -0.2) is 0 Å². The molecule has 1 unspecified atom stereocenters. The molecule has 0 aliphatic carbocycles. The van der Waals surface area contributed by atoms with Crippen LogP contribution in [-0.4, -0.2) is 18.8 Å². The van der Waals surface area contributed by atoms with E-state index in [9.17, 15) is 5.11 Å². The van der Waals surface area contributed by atoms with Gasteiger partial charge in [-0.1, -0.05) is 12.1 Å². The highest BCUT2D eigenvalue weighted by Gasteiger charge is 2.16. The van der Waals surface area contributed by atoms with Crippen molar-refractivity contribution in [1.82, 2.24) is 0 Å². The molecule has 2 rings (SSSR count). The fourth-order valence-electron chi connectivity index (χ4n) is 2.12. The second kappa shape index (κ2) is 6.99. The molecule has 0 aliphatic rings. The number of methoxy groups -OCH3 is 1. The van der Waals surface area contributed by atoms with Crippen LogP contribution in [0.25, 0.3) is 0 Å². The SMILES string of the molecule is CCOc1cccc(Oc2cccc(OC)c2C(C)O)c1.